The maximum atomic E-state index is 11.3. The molecule has 0 bridgehead atoms. The summed E-state index contributed by atoms with van der Waals surface area (Å²) in [7, 11) is 1.43. The number of benzene rings is 1. The molecule has 0 fully saturated rings. The lowest BCUT2D eigenvalue weighted by atomic mass is 10.1. The molecule has 2 aromatic rings. The number of primary amides is 1. The van der Waals surface area contributed by atoms with Crippen molar-refractivity contribution in [2.24, 2.45) is 5.73 Å². The highest BCUT2D eigenvalue weighted by Crippen LogP contribution is 2.19. The van der Waals surface area contributed by atoms with Crippen LogP contribution >= 0.6 is 0 Å². The molecule has 106 valence electrons. The second-order valence-corrected chi connectivity index (χ2v) is 4.31. The highest BCUT2D eigenvalue weighted by Gasteiger charge is 2.11. The van der Waals surface area contributed by atoms with Gasteiger partial charge in [-0.05, 0) is 23.8 Å². The molecule has 0 aliphatic heterocycles. The van der Waals surface area contributed by atoms with Crippen molar-refractivity contribution in [1.29, 1.82) is 5.26 Å². The van der Waals surface area contributed by atoms with Crippen molar-refractivity contribution < 1.29 is 9.53 Å². The number of pyridine rings is 1. The molecule has 6 nitrogen and oxygen atoms in total. The number of aromatic nitrogens is 1. The lowest BCUT2D eigenvalue weighted by Gasteiger charge is -2.09. The number of rotatable bonds is 5. The molecule has 1 aromatic carbocycles. The summed E-state index contributed by atoms with van der Waals surface area (Å²) in [4.78, 5) is 15.4. The van der Waals surface area contributed by atoms with Gasteiger partial charge in [-0.3, -0.25) is 4.79 Å². The first-order chi connectivity index (χ1) is 10.1. The number of anilines is 1. The standard InChI is InChI=1S/C15H14N4O2/c1-21-15-13(14(17)20)6-12(9-19-15)18-8-11-4-2-3-10(5-11)7-16/h2-6,9,18H,8H2,1H3,(H2,17,20). The third kappa shape index (κ3) is 3.48. The summed E-state index contributed by atoms with van der Waals surface area (Å²) < 4.78 is 4.98. The van der Waals surface area contributed by atoms with Crippen LogP contribution in [-0.4, -0.2) is 18.0 Å². The van der Waals surface area contributed by atoms with E-state index in [-0.39, 0.29) is 11.4 Å². The van der Waals surface area contributed by atoms with Gasteiger partial charge in [-0.15, -0.1) is 0 Å². The molecule has 1 aromatic heterocycles. The van der Waals surface area contributed by atoms with Gasteiger partial charge in [-0.25, -0.2) is 4.98 Å². The van der Waals surface area contributed by atoms with Gasteiger partial charge in [0, 0.05) is 6.54 Å². The quantitative estimate of drug-likeness (QED) is 0.868. The number of hydrogen-bond acceptors (Lipinski definition) is 5. The summed E-state index contributed by atoms with van der Waals surface area (Å²) in [6.45, 7) is 0.502. The van der Waals surface area contributed by atoms with Crippen LogP contribution in [0.5, 0.6) is 5.88 Å². The van der Waals surface area contributed by atoms with Crippen molar-refractivity contribution in [3.05, 3.63) is 53.2 Å². The first-order valence-corrected chi connectivity index (χ1v) is 6.21. The van der Waals surface area contributed by atoms with Gasteiger partial charge in [0.15, 0.2) is 0 Å². The van der Waals surface area contributed by atoms with Gasteiger partial charge in [-0.2, -0.15) is 5.26 Å². The van der Waals surface area contributed by atoms with Crippen LogP contribution in [0.25, 0.3) is 0 Å². The van der Waals surface area contributed by atoms with E-state index in [1.165, 1.54) is 7.11 Å². The fourth-order valence-corrected chi connectivity index (χ4v) is 1.84. The summed E-state index contributed by atoms with van der Waals surface area (Å²) in [6, 6.07) is 10.9. The average Bonchev–Trinajstić information content (AvgIpc) is 2.52. The highest BCUT2D eigenvalue weighted by atomic mass is 16.5. The molecule has 0 aliphatic rings. The minimum atomic E-state index is -0.602. The van der Waals surface area contributed by atoms with E-state index >= 15 is 0 Å². The average molecular weight is 282 g/mol. The van der Waals surface area contributed by atoms with Crippen molar-refractivity contribution in [3.8, 4) is 11.9 Å². The van der Waals surface area contributed by atoms with Crippen LogP contribution in [0.4, 0.5) is 5.69 Å². The second-order valence-electron chi connectivity index (χ2n) is 4.31. The first-order valence-electron chi connectivity index (χ1n) is 6.21. The van der Waals surface area contributed by atoms with Gasteiger partial charge in [0.05, 0.1) is 30.6 Å². The molecular weight excluding hydrogens is 268 g/mol. The van der Waals surface area contributed by atoms with E-state index in [1.807, 2.05) is 12.1 Å². The monoisotopic (exact) mass is 282 g/mol. The number of hydrogen-bond donors (Lipinski definition) is 2. The van der Waals surface area contributed by atoms with E-state index in [0.29, 0.717) is 17.8 Å². The molecule has 6 heteroatoms. The molecule has 1 heterocycles. The fourth-order valence-electron chi connectivity index (χ4n) is 1.84. The predicted octanol–water partition coefficient (Wildman–Crippen LogP) is 1.67. The second kappa shape index (κ2) is 6.39. The molecule has 1 amide bonds. The van der Waals surface area contributed by atoms with E-state index in [9.17, 15) is 4.79 Å². The lowest BCUT2D eigenvalue weighted by molar-refractivity contribution is 0.0996. The van der Waals surface area contributed by atoms with Gasteiger partial charge >= 0.3 is 0 Å². The number of carbonyl (C=O) groups excluding carboxylic acids is 1. The summed E-state index contributed by atoms with van der Waals surface area (Å²) in [5.74, 6) is -0.408. The number of ether oxygens (including phenoxy) is 1. The molecule has 0 unspecified atom stereocenters. The van der Waals surface area contributed by atoms with Gasteiger partial charge in [0.1, 0.15) is 5.56 Å². The Kier molecular flexibility index (Phi) is 4.36. The third-order valence-corrected chi connectivity index (χ3v) is 2.86. The lowest BCUT2D eigenvalue weighted by Crippen LogP contribution is -2.14. The Labute approximate surface area is 122 Å². The number of nitrogens with zero attached hydrogens (tertiary/aromatic N) is 2. The van der Waals surface area contributed by atoms with Crippen molar-refractivity contribution >= 4 is 11.6 Å². The molecule has 2 rings (SSSR count). The van der Waals surface area contributed by atoms with Crippen LogP contribution in [-0.2, 0) is 6.54 Å². The van der Waals surface area contributed by atoms with E-state index in [0.717, 1.165) is 5.56 Å². The van der Waals surface area contributed by atoms with Crippen molar-refractivity contribution in [1.82, 2.24) is 4.98 Å². The van der Waals surface area contributed by atoms with E-state index in [4.69, 9.17) is 15.7 Å². The van der Waals surface area contributed by atoms with E-state index in [2.05, 4.69) is 16.4 Å². The van der Waals surface area contributed by atoms with Crippen LogP contribution < -0.4 is 15.8 Å². The minimum Gasteiger partial charge on any atom is -0.480 e. The fraction of sp³-hybridized carbons (Fsp3) is 0.133. The largest absolute Gasteiger partial charge is 0.480 e. The minimum absolute atomic E-state index is 0.194. The van der Waals surface area contributed by atoms with Crippen molar-refractivity contribution in [2.45, 2.75) is 6.54 Å². The summed E-state index contributed by atoms with van der Waals surface area (Å²) >= 11 is 0. The molecule has 0 saturated carbocycles. The molecule has 0 saturated heterocycles. The SMILES string of the molecule is COc1ncc(NCc2cccc(C#N)c2)cc1C(N)=O. The third-order valence-electron chi connectivity index (χ3n) is 2.86. The molecule has 21 heavy (non-hydrogen) atoms. The molecule has 0 radical (unpaired) electrons. The molecule has 0 atom stereocenters. The Hall–Kier alpha value is -3.07. The smallest absolute Gasteiger partial charge is 0.254 e. The Bertz CT molecular complexity index is 707. The first kappa shape index (κ1) is 14.3. The Morgan fingerprint density at radius 3 is 2.95 bits per heavy atom. The molecular formula is C15H14N4O2. The van der Waals surface area contributed by atoms with Crippen molar-refractivity contribution in [2.75, 3.05) is 12.4 Å². The number of nitrogens with one attached hydrogen (secondary N) is 1. The maximum absolute atomic E-state index is 11.3. The topological polar surface area (TPSA) is 101 Å². The zero-order valence-corrected chi connectivity index (χ0v) is 11.5. The van der Waals surface area contributed by atoms with E-state index in [1.54, 1.807) is 24.4 Å². The van der Waals surface area contributed by atoms with Crippen LogP contribution in [0.15, 0.2) is 36.5 Å². The normalized spacial score (nSPS) is 9.71. The molecule has 0 aliphatic carbocycles. The van der Waals surface area contributed by atoms with E-state index < -0.39 is 5.91 Å². The van der Waals surface area contributed by atoms with Gasteiger partial charge in [-0.1, -0.05) is 12.1 Å². The molecule has 0 spiro atoms. The highest BCUT2D eigenvalue weighted by molar-refractivity contribution is 5.95. The Balaban J connectivity index is 2.15. The predicted molar refractivity (Wildman–Crippen MR) is 77.8 cm³/mol. The number of amides is 1. The Morgan fingerprint density at radius 1 is 1.48 bits per heavy atom. The van der Waals surface area contributed by atoms with Crippen LogP contribution in [0.3, 0.4) is 0 Å². The maximum Gasteiger partial charge on any atom is 0.254 e. The zero-order chi connectivity index (χ0) is 15.2. The summed E-state index contributed by atoms with van der Waals surface area (Å²) in [5, 5.41) is 12.0. The number of nitrogens with two attached hydrogens (primary N) is 1. The van der Waals surface area contributed by atoms with Crippen molar-refractivity contribution in [3.63, 3.8) is 0 Å². The summed E-state index contributed by atoms with van der Waals surface area (Å²) in [6.07, 6.45) is 1.55. The number of nitriles is 1. The van der Waals surface area contributed by atoms with Gasteiger partial charge in [0.25, 0.3) is 5.91 Å². The Morgan fingerprint density at radius 2 is 2.29 bits per heavy atom. The number of methoxy groups -OCH3 is 1. The van der Waals surface area contributed by atoms with Crippen LogP contribution in [0.2, 0.25) is 0 Å². The summed E-state index contributed by atoms with van der Waals surface area (Å²) in [5.41, 5.74) is 7.69. The van der Waals surface area contributed by atoms with Gasteiger partial charge < -0.3 is 15.8 Å². The van der Waals surface area contributed by atoms with Crippen LogP contribution in [0, 0.1) is 11.3 Å². The molecule has 3 N–H and O–H groups in total. The van der Waals surface area contributed by atoms with Crippen LogP contribution in [0.1, 0.15) is 21.5 Å². The zero-order valence-electron chi connectivity index (χ0n) is 11.5. The number of carbonyl (C=O) groups is 1. The van der Waals surface area contributed by atoms with Gasteiger partial charge in [0.2, 0.25) is 5.88 Å².